The third-order valence-corrected chi connectivity index (χ3v) is 3.36. The number of carboxylic acids is 1. The summed E-state index contributed by atoms with van der Waals surface area (Å²) in [6.45, 7) is 5.79. The number of rotatable bonds is 7. The number of ether oxygens (including phenoxy) is 1. The average molecular weight is 271 g/mol. The molecule has 110 valence electrons. The maximum atomic E-state index is 11.9. The van der Waals surface area contributed by atoms with E-state index in [-0.39, 0.29) is 24.2 Å². The van der Waals surface area contributed by atoms with Crippen LogP contribution in [0.2, 0.25) is 0 Å². The van der Waals surface area contributed by atoms with Gasteiger partial charge in [-0.2, -0.15) is 0 Å². The molecule has 1 aliphatic heterocycles. The van der Waals surface area contributed by atoms with Crippen LogP contribution in [-0.4, -0.2) is 36.7 Å². The molecule has 0 aliphatic carbocycles. The second-order valence-electron chi connectivity index (χ2n) is 5.75. The maximum Gasteiger partial charge on any atom is 0.303 e. The van der Waals surface area contributed by atoms with Crippen LogP contribution in [0.25, 0.3) is 0 Å². The molecule has 0 bridgehead atoms. The Labute approximate surface area is 114 Å². The topological polar surface area (TPSA) is 75.6 Å². The molecule has 1 fully saturated rings. The largest absolute Gasteiger partial charge is 0.481 e. The van der Waals surface area contributed by atoms with Gasteiger partial charge in [0.1, 0.15) is 0 Å². The fraction of sp³-hybridized carbons (Fsp3) is 0.857. The Morgan fingerprint density at radius 2 is 2.16 bits per heavy atom. The van der Waals surface area contributed by atoms with E-state index >= 15 is 0 Å². The molecule has 1 aliphatic rings. The third kappa shape index (κ3) is 6.57. The van der Waals surface area contributed by atoms with Gasteiger partial charge in [-0.15, -0.1) is 0 Å². The zero-order chi connectivity index (χ0) is 14.3. The number of carbonyl (C=O) groups excluding carboxylic acids is 1. The second kappa shape index (κ2) is 8.15. The van der Waals surface area contributed by atoms with E-state index in [1.807, 2.05) is 0 Å². The molecule has 19 heavy (non-hydrogen) atoms. The van der Waals surface area contributed by atoms with Gasteiger partial charge in [-0.25, -0.2) is 0 Å². The summed E-state index contributed by atoms with van der Waals surface area (Å²) in [7, 11) is 0. The van der Waals surface area contributed by atoms with Crippen molar-refractivity contribution in [2.45, 2.75) is 39.5 Å². The molecule has 1 heterocycles. The second-order valence-corrected chi connectivity index (χ2v) is 5.75. The Bertz CT molecular complexity index is 298. The summed E-state index contributed by atoms with van der Waals surface area (Å²) < 4.78 is 5.28. The smallest absolute Gasteiger partial charge is 0.303 e. The summed E-state index contributed by atoms with van der Waals surface area (Å²) in [5, 5.41) is 11.8. The van der Waals surface area contributed by atoms with Crippen molar-refractivity contribution >= 4 is 11.9 Å². The molecule has 1 amide bonds. The highest BCUT2D eigenvalue weighted by Crippen LogP contribution is 2.16. The van der Waals surface area contributed by atoms with E-state index in [4.69, 9.17) is 9.84 Å². The highest BCUT2D eigenvalue weighted by atomic mass is 16.5. The van der Waals surface area contributed by atoms with Crippen LogP contribution in [-0.2, 0) is 14.3 Å². The lowest BCUT2D eigenvalue weighted by molar-refractivity contribution is -0.138. The minimum Gasteiger partial charge on any atom is -0.481 e. The van der Waals surface area contributed by atoms with Gasteiger partial charge in [0.15, 0.2) is 0 Å². The minimum atomic E-state index is -0.805. The fourth-order valence-corrected chi connectivity index (χ4v) is 2.49. The van der Waals surface area contributed by atoms with Crippen molar-refractivity contribution in [3.8, 4) is 0 Å². The van der Waals surface area contributed by atoms with Gasteiger partial charge in [-0.3, -0.25) is 9.59 Å². The Morgan fingerprint density at radius 1 is 1.42 bits per heavy atom. The van der Waals surface area contributed by atoms with Gasteiger partial charge in [-0.05, 0) is 31.1 Å². The first-order valence-electron chi connectivity index (χ1n) is 7.06. The molecular formula is C14H25NO4. The standard InChI is InChI=1S/C14H25NO4/c1-10(2)6-11(7-13(16)17)8-15-14(18)12-4-3-5-19-9-12/h10-12H,3-9H2,1-2H3,(H,15,18)(H,16,17). The average Bonchev–Trinajstić information content (AvgIpc) is 2.35. The summed E-state index contributed by atoms with van der Waals surface area (Å²) in [5.41, 5.74) is 0. The van der Waals surface area contributed by atoms with Crippen molar-refractivity contribution in [3.63, 3.8) is 0 Å². The lowest BCUT2D eigenvalue weighted by Crippen LogP contribution is -2.38. The predicted octanol–water partition coefficient (Wildman–Crippen LogP) is 1.67. The molecule has 1 rings (SSSR count). The van der Waals surface area contributed by atoms with Crippen LogP contribution in [0.5, 0.6) is 0 Å². The number of amides is 1. The number of nitrogens with one attached hydrogen (secondary N) is 1. The Kier molecular flexibility index (Phi) is 6.84. The van der Waals surface area contributed by atoms with E-state index in [1.165, 1.54) is 0 Å². The molecule has 5 nitrogen and oxygen atoms in total. The lowest BCUT2D eigenvalue weighted by atomic mass is 9.93. The molecule has 0 aromatic carbocycles. The summed E-state index contributed by atoms with van der Waals surface area (Å²) in [5.74, 6) is -0.441. The molecule has 2 N–H and O–H groups in total. The van der Waals surface area contributed by atoms with Crippen LogP contribution in [0.15, 0.2) is 0 Å². The number of carboxylic acid groups (broad SMARTS) is 1. The monoisotopic (exact) mass is 271 g/mol. The number of carbonyl (C=O) groups is 2. The molecule has 0 saturated carbocycles. The summed E-state index contributed by atoms with van der Waals surface area (Å²) in [6.07, 6.45) is 2.70. The number of aliphatic carboxylic acids is 1. The summed E-state index contributed by atoms with van der Waals surface area (Å²) >= 11 is 0. The van der Waals surface area contributed by atoms with Crippen molar-refractivity contribution in [2.75, 3.05) is 19.8 Å². The normalized spacial score (nSPS) is 21.1. The van der Waals surface area contributed by atoms with E-state index < -0.39 is 5.97 Å². The first kappa shape index (κ1) is 16.0. The molecule has 5 heteroatoms. The molecule has 2 unspecified atom stereocenters. The lowest BCUT2D eigenvalue weighted by Gasteiger charge is -2.23. The van der Waals surface area contributed by atoms with Gasteiger partial charge in [0, 0.05) is 19.6 Å². The first-order valence-corrected chi connectivity index (χ1v) is 7.06. The maximum absolute atomic E-state index is 11.9. The quantitative estimate of drug-likeness (QED) is 0.738. The zero-order valence-corrected chi connectivity index (χ0v) is 11.9. The van der Waals surface area contributed by atoms with E-state index in [1.54, 1.807) is 0 Å². The Balaban J connectivity index is 2.36. The minimum absolute atomic E-state index is 0.00107. The van der Waals surface area contributed by atoms with E-state index in [9.17, 15) is 9.59 Å². The molecule has 2 atom stereocenters. The van der Waals surface area contributed by atoms with Crippen LogP contribution in [0.1, 0.15) is 39.5 Å². The fourth-order valence-electron chi connectivity index (χ4n) is 2.49. The van der Waals surface area contributed by atoms with E-state index in [2.05, 4.69) is 19.2 Å². The number of hydrogen-bond acceptors (Lipinski definition) is 3. The SMILES string of the molecule is CC(C)CC(CNC(=O)C1CCCOC1)CC(=O)O. The Hall–Kier alpha value is -1.10. The predicted molar refractivity (Wildman–Crippen MR) is 71.8 cm³/mol. The molecule has 0 radical (unpaired) electrons. The summed E-state index contributed by atoms with van der Waals surface area (Å²) in [6, 6.07) is 0. The van der Waals surface area contributed by atoms with Gasteiger partial charge < -0.3 is 15.2 Å². The van der Waals surface area contributed by atoms with Crippen LogP contribution in [0.3, 0.4) is 0 Å². The van der Waals surface area contributed by atoms with Crippen molar-refractivity contribution in [1.82, 2.24) is 5.32 Å². The van der Waals surface area contributed by atoms with Gasteiger partial charge in [0.2, 0.25) is 5.91 Å². The highest BCUT2D eigenvalue weighted by Gasteiger charge is 2.23. The van der Waals surface area contributed by atoms with Crippen molar-refractivity contribution in [1.29, 1.82) is 0 Å². The van der Waals surface area contributed by atoms with E-state index in [0.717, 1.165) is 25.9 Å². The summed E-state index contributed by atoms with van der Waals surface area (Å²) in [4.78, 5) is 22.7. The number of hydrogen-bond donors (Lipinski definition) is 2. The Morgan fingerprint density at radius 3 is 2.68 bits per heavy atom. The zero-order valence-electron chi connectivity index (χ0n) is 11.9. The van der Waals surface area contributed by atoms with Gasteiger partial charge in [-0.1, -0.05) is 13.8 Å². The highest BCUT2D eigenvalue weighted by molar-refractivity contribution is 5.78. The molecular weight excluding hydrogens is 246 g/mol. The molecule has 1 saturated heterocycles. The van der Waals surface area contributed by atoms with Crippen molar-refractivity contribution in [2.24, 2.45) is 17.8 Å². The van der Waals surface area contributed by atoms with Gasteiger partial charge in [0.25, 0.3) is 0 Å². The van der Waals surface area contributed by atoms with Gasteiger partial charge >= 0.3 is 5.97 Å². The molecule has 0 spiro atoms. The van der Waals surface area contributed by atoms with Crippen LogP contribution < -0.4 is 5.32 Å². The third-order valence-electron chi connectivity index (χ3n) is 3.36. The molecule has 0 aromatic heterocycles. The molecule has 0 aromatic rings. The van der Waals surface area contributed by atoms with Crippen LogP contribution >= 0.6 is 0 Å². The van der Waals surface area contributed by atoms with Crippen molar-refractivity contribution in [3.05, 3.63) is 0 Å². The van der Waals surface area contributed by atoms with E-state index in [0.29, 0.717) is 19.1 Å². The van der Waals surface area contributed by atoms with Crippen LogP contribution in [0.4, 0.5) is 0 Å². The first-order chi connectivity index (χ1) is 8.99. The van der Waals surface area contributed by atoms with Crippen molar-refractivity contribution < 1.29 is 19.4 Å². The van der Waals surface area contributed by atoms with Crippen LogP contribution in [0, 0.1) is 17.8 Å². The van der Waals surface area contributed by atoms with Gasteiger partial charge in [0.05, 0.1) is 12.5 Å².